The lowest BCUT2D eigenvalue weighted by Gasteiger charge is -2.48. The van der Waals surface area contributed by atoms with Gasteiger partial charge in [0, 0.05) is 19.2 Å². The van der Waals surface area contributed by atoms with E-state index in [-0.39, 0.29) is 11.1 Å². The highest BCUT2D eigenvalue weighted by Crippen LogP contribution is 2.39. The van der Waals surface area contributed by atoms with Crippen molar-refractivity contribution in [2.75, 3.05) is 20.2 Å². The van der Waals surface area contributed by atoms with Crippen molar-refractivity contribution in [1.29, 1.82) is 0 Å². The molecule has 0 bridgehead atoms. The van der Waals surface area contributed by atoms with Crippen molar-refractivity contribution in [3.05, 3.63) is 0 Å². The first-order valence-corrected chi connectivity index (χ1v) is 5.44. The SMILES string of the molecule is CC(C)N(C)C1(CN)CCOC1(C)C. The smallest absolute Gasteiger partial charge is 0.0822 e. The Morgan fingerprint density at radius 2 is 2.00 bits per heavy atom. The van der Waals surface area contributed by atoms with Crippen LogP contribution in [0.4, 0.5) is 0 Å². The highest BCUT2D eigenvalue weighted by atomic mass is 16.5. The third-order valence-electron chi connectivity index (χ3n) is 3.89. The number of hydrogen-bond donors (Lipinski definition) is 1. The zero-order chi connectivity index (χ0) is 11.0. The Kier molecular flexibility index (Phi) is 3.24. The molecule has 0 aliphatic carbocycles. The summed E-state index contributed by atoms with van der Waals surface area (Å²) in [4.78, 5) is 2.36. The maximum atomic E-state index is 5.96. The van der Waals surface area contributed by atoms with E-state index < -0.39 is 0 Å². The van der Waals surface area contributed by atoms with Gasteiger partial charge in [-0.15, -0.1) is 0 Å². The molecule has 1 saturated heterocycles. The van der Waals surface area contributed by atoms with Crippen LogP contribution in [0, 0.1) is 0 Å². The highest BCUT2D eigenvalue weighted by molar-refractivity contribution is 5.08. The van der Waals surface area contributed by atoms with E-state index in [0.717, 1.165) is 13.0 Å². The fourth-order valence-electron chi connectivity index (χ4n) is 2.50. The molecule has 3 nitrogen and oxygen atoms in total. The van der Waals surface area contributed by atoms with E-state index in [1.165, 1.54) is 0 Å². The van der Waals surface area contributed by atoms with Gasteiger partial charge in [-0.1, -0.05) is 0 Å². The third-order valence-corrected chi connectivity index (χ3v) is 3.89. The quantitative estimate of drug-likeness (QED) is 0.744. The first-order chi connectivity index (χ1) is 6.37. The van der Waals surface area contributed by atoms with Gasteiger partial charge in [-0.3, -0.25) is 4.90 Å². The van der Waals surface area contributed by atoms with Crippen molar-refractivity contribution < 1.29 is 4.74 Å². The van der Waals surface area contributed by atoms with Crippen molar-refractivity contribution >= 4 is 0 Å². The van der Waals surface area contributed by atoms with Crippen molar-refractivity contribution in [1.82, 2.24) is 4.90 Å². The fraction of sp³-hybridized carbons (Fsp3) is 1.00. The first kappa shape index (κ1) is 12.0. The minimum Gasteiger partial charge on any atom is -0.374 e. The number of ether oxygens (including phenoxy) is 1. The number of hydrogen-bond acceptors (Lipinski definition) is 3. The molecule has 14 heavy (non-hydrogen) atoms. The number of rotatable bonds is 3. The summed E-state index contributed by atoms with van der Waals surface area (Å²) in [6, 6.07) is 0.500. The van der Waals surface area contributed by atoms with Crippen LogP contribution >= 0.6 is 0 Å². The molecule has 0 amide bonds. The van der Waals surface area contributed by atoms with Crippen LogP contribution in [0.2, 0.25) is 0 Å². The fourth-order valence-corrected chi connectivity index (χ4v) is 2.50. The van der Waals surface area contributed by atoms with E-state index in [4.69, 9.17) is 10.5 Å². The molecule has 1 atom stereocenters. The van der Waals surface area contributed by atoms with Gasteiger partial charge >= 0.3 is 0 Å². The lowest BCUT2D eigenvalue weighted by molar-refractivity contribution is -0.0612. The molecule has 1 fully saturated rings. The Morgan fingerprint density at radius 3 is 2.29 bits per heavy atom. The van der Waals surface area contributed by atoms with Crippen molar-refractivity contribution in [2.45, 2.75) is 51.3 Å². The van der Waals surface area contributed by atoms with Crippen LogP contribution < -0.4 is 5.73 Å². The first-order valence-electron chi connectivity index (χ1n) is 5.44. The van der Waals surface area contributed by atoms with Crippen LogP contribution in [-0.2, 0) is 4.74 Å². The van der Waals surface area contributed by atoms with Gasteiger partial charge in [-0.05, 0) is 41.2 Å². The van der Waals surface area contributed by atoms with Crippen LogP contribution in [0.15, 0.2) is 0 Å². The summed E-state index contributed by atoms with van der Waals surface area (Å²) in [5.41, 5.74) is 5.82. The van der Waals surface area contributed by atoms with Crippen LogP contribution in [0.25, 0.3) is 0 Å². The van der Waals surface area contributed by atoms with E-state index in [0.29, 0.717) is 12.6 Å². The average Bonchev–Trinajstić information content (AvgIpc) is 2.40. The highest BCUT2D eigenvalue weighted by Gasteiger charge is 2.52. The Hall–Kier alpha value is -0.120. The summed E-state index contributed by atoms with van der Waals surface area (Å²) in [6.45, 7) is 10.2. The lowest BCUT2D eigenvalue weighted by Crippen LogP contribution is -2.63. The summed E-state index contributed by atoms with van der Waals surface area (Å²) >= 11 is 0. The number of nitrogens with zero attached hydrogens (tertiary/aromatic N) is 1. The average molecular weight is 200 g/mol. The largest absolute Gasteiger partial charge is 0.374 e. The molecule has 1 aliphatic heterocycles. The molecule has 2 N–H and O–H groups in total. The van der Waals surface area contributed by atoms with Gasteiger partial charge in [-0.2, -0.15) is 0 Å². The maximum absolute atomic E-state index is 5.96. The minimum atomic E-state index is -0.138. The second-order valence-electron chi connectivity index (χ2n) is 5.05. The van der Waals surface area contributed by atoms with E-state index in [1.807, 2.05) is 0 Å². The summed E-state index contributed by atoms with van der Waals surface area (Å²) < 4.78 is 5.80. The molecule has 1 aliphatic rings. The summed E-state index contributed by atoms with van der Waals surface area (Å²) in [7, 11) is 2.15. The van der Waals surface area contributed by atoms with Gasteiger partial charge in [0.25, 0.3) is 0 Å². The van der Waals surface area contributed by atoms with Gasteiger partial charge in [0.05, 0.1) is 11.1 Å². The summed E-state index contributed by atoms with van der Waals surface area (Å²) in [6.07, 6.45) is 1.03. The van der Waals surface area contributed by atoms with Gasteiger partial charge < -0.3 is 10.5 Å². The van der Waals surface area contributed by atoms with Gasteiger partial charge in [-0.25, -0.2) is 0 Å². The van der Waals surface area contributed by atoms with Crippen LogP contribution in [-0.4, -0.2) is 42.3 Å². The molecule has 0 aromatic carbocycles. The zero-order valence-corrected chi connectivity index (χ0v) is 10.1. The molecule has 84 valence electrons. The molecule has 1 heterocycles. The Labute approximate surface area is 87.6 Å². The topological polar surface area (TPSA) is 38.5 Å². The summed E-state index contributed by atoms with van der Waals surface area (Å²) in [5.74, 6) is 0. The monoisotopic (exact) mass is 200 g/mol. The van der Waals surface area contributed by atoms with Gasteiger partial charge in [0.15, 0.2) is 0 Å². The van der Waals surface area contributed by atoms with Crippen molar-refractivity contribution in [2.24, 2.45) is 5.73 Å². The van der Waals surface area contributed by atoms with Crippen LogP contribution in [0.3, 0.4) is 0 Å². The number of likely N-dealkylation sites (N-methyl/N-ethyl adjacent to an activating group) is 1. The lowest BCUT2D eigenvalue weighted by atomic mass is 9.80. The molecule has 0 radical (unpaired) electrons. The Bertz CT molecular complexity index is 203. The molecule has 0 saturated carbocycles. The van der Waals surface area contributed by atoms with E-state index in [2.05, 4.69) is 39.6 Å². The summed E-state index contributed by atoms with van der Waals surface area (Å²) in [5, 5.41) is 0. The molecule has 0 aromatic heterocycles. The molecule has 3 heteroatoms. The van der Waals surface area contributed by atoms with Crippen molar-refractivity contribution in [3.63, 3.8) is 0 Å². The number of nitrogens with two attached hydrogens (primary N) is 1. The van der Waals surface area contributed by atoms with Crippen molar-refractivity contribution in [3.8, 4) is 0 Å². The normalized spacial score (nSPS) is 31.7. The Balaban J connectivity index is 2.96. The van der Waals surface area contributed by atoms with E-state index in [9.17, 15) is 0 Å². The molecule has 1 rings (SSSR count). The van der Waals surface area contributed by atoms with E-state index >= 15 is 0 Å². The Morgan fingerprint density at radius 1 is 1.43 bits per heavy atom. The third kappa shape index (κ3) is 1.58. The standard InChI is InChI=1S/C11H24N2O/c1-9(2)13(5)11(8-12)6-7-14-10(11,3)4/h9H,6-8,12H2,1-5H3. The zero-order valence-electron chi connectivity index (χ0n) is 10.1. The predicted molar refractivity (Wildman–Crippen MR) is 59.3 cm³/mol. The molecular formula is C11H24N2O. The van der Waals surface area contributed by atoms with Crippen LogP contribution in [0.5, 0.6) is 0 Å². The molecule has 0 aromatic rings. The van der Waals surface area contributed by atoms with Gasteiger partial charge in [0.1, 0.15) is 0 Å². The molecule has 0 spiro atoms. The maximum Gasteiger partial charge on any atom is 0.0822 e. The predicted octanol–water partition coefficient (Wildman–Crippen LogP) is 1.22. The second kappa shape index (κ2) is 3.80. The minimum absolute atomic E-state index is 0.00116. The van der Waals surface area contributed by atoms with Gasteiger partial charge in [0.2, 0.25) is 0 Å². The second-order valence-corrected chi connectivity index (χ2v) is 5.05. The molecular weight excluding hydrogens is 176 g/mol. The molecule has 1 unspecified atom stereocenters. The van der Waals surface area contributed by atoms with E-state index in [1.54, 1.807) is 0 Å². The van der Waals surface area contributed by atoms with Crippen LogP contribution in [0.1, 0.15) is 34.1 Å².